The second-order valence-corrected chi connectivity index (χ2v) is 5.70. The Hall–Kier alpha value is -1.04. The van der Waals surface area contributed by atoms with Crippen molar-refractivity contribution in [3.05, 3.63) is 52.0 Å². The van der Waals surface area contributed by atoms with Crippen LogP contribution in [0.25, 0.3) is 0 Å². The molecule has 0 aliphatic heterocycles. The van der Waals surface area contributed by atoms with Crippen LogP contribution in [0.1, 0.15) is 5.56 Å². The molecular weight excluding hydrogens is 344 g/mol. The van der Waals surface area contributed by atoms with Gasteiger partial charge >= 0.3 is 6.18 Å². The molecule has 0 heterocycles. The van der Waals surface area contributed by atoms with Crippen LogP contribution in [0.4, 0.5) is 13.2 Å². The molecule has 0 unspecified atom stereocenters. The predicted molar refractivity (Wildman–Crippen MR) is 79.8 cm³/mol. The smallest absolute Gasteiger partial charge is 0.416 e. The van der Waals surface area contributed by atoms with Crippen molar-refractivity contribution in [2.75, 3.05) is 6.26 Å². The van der Waals surface area contributed by atoms with Crippen LogP contribution < -0.4 is 4.74 Å². The summed E-state index contributed by atoms with van der Waals surface area (Å²) in [6.07, 6.45) is -2.58. The van der Waals surface area contributed by atoms with E-state index >= 15 is 0 Å². The molecule has 0 radical (unpaired) electrons. The predicted octanol–water partition coefficient (Wildman–Crippen LogP) is 6.53. The molecule has 112 valence electrons. The Morgan fingerprint density at radius 2 is 1.71 bits per heavy atom. The largest absolute Gasteiger partial charge is 0.456 e. The number of hydrogen-bond acceptors (Lipinski definition) is 2. The van der Waals surface area contributed by atoms with Crippen LogP contribution in [-0.4, -0.2) is 6.26 Å². The summed E-state index contributed by atoms with van der Waals surface area (Å²) in [4.78, 5) is 0.803. The van der Waals surface area contributed by atoms with Gasteiger partial charge in [-0.3, -0.25) is 0 Å². The molecule has 2 rings (SSSR count). The molecule has 0 aliphatic rings. The van der Waals surface area contributed by atoms with Crippen molar-refractivity contribution in [3.8, 4) is 11.5 Å². The Kier molecular flexibility index (Phi) is 4.96. The highest BCUT2D eigenvalue weighted by Crippen LogP contribution is 2.37. The minimum atomic E-state index is -4.44. The van der Waals surface area contributed by atoms with Gasteiger partial charge in [-0.25, -0.2) is 0 Å². The van der Waals surface area contributed by atoms with Gasteiger partial charge in [0, 0.05) is 4.90 Å². The van der Waals surface area contributed by atoms with Crippen molar-refractivity contribution < 1.29 is 17.9 Å². The summed E-state index contributed by atoms with van der Waals surface area (Å²) >= 11 is 13.2. The Morgan fingerprint density at radius 3 is 2.29 bits per heavy atom. The van der Waals surface area contributed by atoms with Crippen molar-refractivity contribution in [1.82, 2.24) is 0 Å². The highest BCUT2D eigenvalue weighted by molar-refractivity contribution is 7.98. The molecule has 0 saturated heterocycles. The van der Waals surface area contributed by atoms with E-state index in [1.807, 2.05) is 6.26 Å². The Labute approximate surface area is 134 Å². The van der Waals surface area contributed by atoms with Gasteiger partial charge < -0.3 is 4.74 Å². The number of rotatable bonds is 3. The molecule has 0 saturated carbocycles. The zero-order valence-electron chi connectivity index (χ0n) is 10.7. The lowest BCUT2D eigenvalue weighted by Crippen LogP contribution is -2.04. The summed E-state index contributed by atoms with van der Waals surface area (Å²) in [5.74, 6) is 0.601. The van der Waals surface area contributed by atoms with Gasteiger partial charge in [-0.2, -0.15) is 13.2 Å². The summed E-state index contributed by atoms with van der Waals surface area (Å²) in [5, 5.41) is 0.471. The number of benzene rings is 2. The van der Waals surface area contributed by atoms with Gasteiger partial charge in [-0.15, -0.1) is 11.8 Å². The molecule has 1 nitrogen and oxygen atoms in total. The maximum atomic E-state index is 12.6. The maximum Gasteiger partial charge on any atom is 0.416 e. The van der Waals surface area contributed by atoms with Crippen LogP contribution in [0.15, 0.2) is 41.3 Å². The molecule has 2 aromatic carbocycles. The van der Waals surface area contributed by atoms with Crippen LogP contribution >= 0.6 is 35.0 Å². The average molecular weight is 353 g/mol. The second-order valence-electron chi connectivity index (χ2n) is 4.04. The third-order valence-corrected chi connectivity index (χ3v) is 4.12. The van der Waals surface area contributed by atoms with E-state index in [1.165, 1.54) is 17.8 Å². The van der Waals surface area contributed by atoms with Gasteiger partial charge in [-0.1, -0.05) is 23.2 Å². The summed E-state index contributed by atoms with van der Waals surface area (Å²) < 4.78 is 43.2. The molecule has 21 heavy (non-hydrogen) atoms. The van der Waals surface area contributed by atoms with E-state index < -0.39 is 11.7 Å². The summed E-state index contributed by atoms with van der Waals surface area (Å²) in [6.45, 7) is 0. The van der Waals surface area contributed by atoms with E-state index in [4.69, 9.17) is 27.9 Å². The van der Waals surface area contributed by atoms with Crippen molar-refractivity contribution in [2.45, 2.75) is 11.1 Å². The van der Waals surface area contributed by atoms with Gasteiger partial charge in [0.2, 0.25) is 0 Å². The first-order valence-electron chi connectivity index (χ1n) is 5.69. The third-order valence-electron chi connectivity index (χ3n) is 2.61. The topological polar surface area (TPSA) is 9.23 Å². The standard InChI is InChI=1S/C14H9Cl2F3OS/c1-21-13-7-9(3-4-10(13)15)20-12-5-2-8(6-11(12)16)14(17,18)19/h2-7H,1H3. The number of hydrogen-bond donors (Lipinski definition) is 0. The lowest BCUT2D eigenvalue weighted by atomic mass is 10.2. The van der Waals surface area contributed by atoms with Crippen molar-refractivity contribution in [3.63, 3.8) is 0 Å². The molecule has 0 aromatic heterocycles. The van der Waals surface area contributed by atoms with Crippen molar-refractivity contribution in [2.24, 2.45) is 0 Å². The SMILES string of the molecule is CSc1cc(Oc2ccc(C(F)(F)F)cc2Cl)ccc1Cl. The van der Waals surface area contributed by atoms with Gasteiger partial charge in [-0.05, 0) is 42.7 Å². The number of thioether (sulfide) groups is 1. The minimum absolute atomic E-state index is 0.106. The summed E-state index contributed by atoms with van der Waals surface area (Å²) in [7, 11) is 0. The van der Waals surface area contributed by atoms with E-state index in [9.17, 15) is 13.2 Å². The minimum Gasteiger partial charge on any atom is -0.456 e. The molecule has 0 amide bonds. The zero-order valence-corrected chi connectivity index (χ0v) is 13.0. The first-order valence-corrected chi connectivity index (χ1v) is 7.67. The molecule has 0 fully saturated rings. The Balaban J connectivity index is 2.28. The van der Waals surface area contributed by atoms with Gasteiger partial charge in [0.05, 0.1) is 15.6 Å². The summed E-state index contributed by atoms with van der Waals surface area (Å²) in [5.41, 5.74) is -0.819. The highest BCUT2D eigenvalue weighted by Gasteiger charge is 2.31. The fourth-order valence-corrected chi connectivity index (χ4v) is 2.66. The van der Waals surface area contributed by atoms with Crippen molar-refractivity contribution in [1.29, 1.82) is 0 Å². The lowest BCUT2D eigenvalue weighted by Gasteiger charge is -2.12. The van der Waals surface area contributed by atoms with Gasteiger partial charge in [0.25, 0.3) is 0 Å². The monoisotopic (exact) mass is 352 g/mol. The second kappa shape index (κ2) is 6.38. The van der Waals surface area contributed by atoms with Crippen LogP contribution in [0.5, 0.6) is 11.5 Å². The van der Waals surface area contributed by atoms with E-state index in [0.717, 1.165) is 17.0 Å². The molecular formula is C14H9Cl2F3OS. The molecule has 2 aromatic rings. The molecule has 0 atom stereocenters. The number of halogens is 5. The molecule has 0 spiro atoms. The molecule has 0 aliphatic carbocycles. The van der Waals surface area contributed by atoms with E-state index in [2.05, 4.69) is 0 Å². The fourth-order valence-electron chi connectivity index (χ4n) is 1.59. The highest BCUT2D eigenvalue weighted by atomic mass is 35.5. The van der Waals surface area contributed by atoms with Crippen LogP contribution in [0.3, 0.4) is 0 Å². The van der Waals surface area contributed by atoms with Crippen LogP contribution in [0.2, 0.25) is 10.0 Å². The zero-order chi connectivity index (χ0) is 15.6. The van der Waals surface area contributed by atoms with Gasteiger partial charge in [0.15, 0.2) is 0 Å². The Morgan fingerprint density at radius 1 is 1.00 bits per heavy atom. The maximum absolute atomic E-state index is 12.6. The van der Waals surface area contributed by atoms with Gasteiger partial charge in [0.1, 0.15) is 11.5 Å². The third kappa shape index (κ3) is 3.99. The van der Waals surface area contributed by atoms with Crippen LogP contribution in [0, 0.1) is 0 Å². The molecule has 7 heteroatoms. The molecule has 0 bridgehead atoms. The first-order chi connectivity index (χ1) is 9.81. The Bertz CT molecular complexity index is 659. The average Bonchev–Trinajstić information content (AvgIpc) is 2.42. The fraction of sp³-hybridized carbons (Fsp3) is 0.143. The summed E-state index contributed by atoms with van der Waals surface area (Å²) in [6, 6.07) is 7.92. The van der Waals surface area contributed by atoms with E-state index in [0.29, 0.717) is 10.8 Å². The van der Waals surface area contributed by atoms with Crippen molar-refractivity contribution >= 4 is 35.0 Å². The number of alkyl halides is 3. The van der Waals surface area contributed by atoms with Crippen LogP contribution in [-0.2, 0) is 6.18 Å². The normalized spacial score (nSPS) is 11.5. The molecule has 0 N–H and O–H groups in total. The number of ether oxygens (including phenoxy) is 1. The van der Waals surface area contributed by atoms with E-state index in [-0.39, 0.29) is 10.8 Å². The lowest BCUT2D eigenvalue weighted by molar-refractivity contribution is -0.137. The quantitative estimate of drug-likeness (QED) is 0.581. The first kappa shape index (κ1) is 16.3. The van der Waals surface area contributed by atoms with E-state index in [1.54, 1.807) is 18.2 Å².